The van der Waals surface area contributed by atoms with Gasteiger partial charge < -0.3 is 10.5 Å². The highest BCUT2D eigenvalue weighted by molar-refractivity contribution is 9.10. The highest BCUT2D eigenvalue weighted by Crippen LogP contribution is 2.34. The zero-order valence-corrected chi connectivity index (χ0v) is 12.0. The lowest BCUT2D eigenvalue weighted by molar-refractivity contribution is -0.0578. The van der Waals surface area contributed by atoms with Gasteiger partial charge in [0.2, 0.25) is 0 Å². The van der Waals surface area contributed by atoms with Crippen molar-refractivity contribution in [1.29, 1.82) is 0 Å². The Kier molecular flexibility index (Phi) is 4.44. The lowest BCUT2D eigenvalue weighted by Crippen LogP contribution is -2.46. The summed E-state index contributed by atoms with van der Waals surface area (Å²) in [4.78, 5) is 2.27. The second-order valence-electron chi connectivity index (χ2n) is 4.24. The van der Waals surface area contributed by atoms with Crippen LogP contribution in [0.5, 0.6) is 0 Å². The molecule has 0 radical (unpaired) electrons. The van der Waals surface area contributed by atoms with Crippen molar-refractivity contribution >= 4 is 27.5 Å². The fraction of sp³-hybridized carbons (Fsp3) is 0.500. The molecule has 0 saturated carbocycles. The summed E-state index contributed by atoms with van der Waals surface area (Å²) < 4.78 is 6.73. The molecule has 1 fully saturated rings. The van der Waals surface area contributed by atoms with Crippen LogP contribution < -0.4 is 5.73 Å². The van der Waals surface area contributed by atoms with E-state index in [1.165, 1.54) is 5.56 Å². The molecular weight excluding hydrogens is 304 g/mol. The van der Waals surface area contributed by atoms with E-state index in [2.05, 4.69) is 27.9 Å². The van der Waals surface area contributed by atoms with Gasteiger partial charge in [-0.05, 0) is 24.7 Å². The highest BCUT2D eigenvalue weighted by Gasteiger charge is 2.31. The molecule has 5 heteroatoms. The molecule has 3 nitrogen and oxygen atoms in total. The topological polar surface area (TPSA) is 38.5 Å². The molecule has 0 aliphatic carbocycles. The van der Waals surface area contributed by atoms with Crippen LogP contribution in [-0.4, -0.2) is 37.7 Å². The predicted molar refractivity (Wildman–Crippen MR) is 73.3 cm³/mol. The number of hydrogen-bond acceptors (Lipinski definition) is 3. The third-order valence-corrected chi connectivity index (χ3v) is 4.04. The van der Waals surface area contributed by atoms with Crippen LogP contribution in [0.1, 0.15) is 11.6 Å². The van der Waals surface area contributed by atoms with Crippen molar-refractivity contribution in [3.8, 4) is 0 Å². The zero-order valence-electron chi connectivity index (χ0n) is 9.70. The van der Waals surface area contributed by atoms with Crippen LogP contribution in [0.25, 0.3) is 0 Å². The number of morpholine rings is 1. The summed E-state index contributed by atoms with van der Waals surface area (Å²) in [6.07, 6.45) is 0.0335. The van der Waals surface area contributed by atoms with Gasteiger partial charge in [0, 0.05) is 22.6 Å². The maximum Gasteiger partial charge on any atom is 0.0894 e. The Morgan fingerprint density at radius 2 is 2.35 bits per heavy atom. The minimum atomic E-state index is 0.0335. The van der Waals surface area contributed by atoms with Crippen LogP contribution in [-0.2, 0) is 4.74 Å². The second-order valence-corrected chi connectivity index (χ2v) is 5.53. The fourth-order valence-electron chi connectivity index (χ4n) is 2.24. The van der Waals surface area contributed by atoms with Crippen LogP contribution in [0.2, 0.25) is 5.02 Å². The molecule has 2 rings (SSSR count). The number of hydrogen-bond donors (Lipinski definition) is 1. The average molecular weight is 320 g/mol. The minimum Gasteiger partial charge on any atom is -0.374 e. The van der Waals surface area contributed by atoms with Crippen molar-refractivity contribution in [2.45, 2.75) is 12.1 Å². The molecule has 94 valence electrons. The van der Waals surface area contributed by atoms with Crippen molar-refractivity contribution in [2.75, 3.05) is 26.7 Å². The van der Waals surface area contributed by atoms with E-state index < -0.39 is 0 Å². The van der Waals surface area contributed by atoms with E-state index in [0.717, 1.165) is 22.6 Å². The third kappa shape index (κ3) is 2.83. The molecule has 1 saturated heterocycles. The first kappa shape index (κ1) is 13.3. The zero-order chi connectivity index (χ0) is 12.4. The number of benzene rings is 1. The molecule has 0 aromatic heterocycles. The normalized spacial score (nSPS) is 26.1. The maximum atomic E-state index is 5.96. The average Bonchev–Trinajstić information content (AvgIpc) is 2.30. The van der Waals surface area contributed by atoms with Gasteiger partial charge in [-0.25, -0.2) is 0 Å². The van der Waals surface area contributed by atoms with Crippen molar-refractivity contribution in [3.63, 3.8) is 0 Å². The number of rotatable bonds is 2. The van der Waals surface area contributed by atoms with Gasteiger partial charge in [0.1, 0.15) is 0 Å². The smallest absolute Gasteiger partial charge is 0.0894 e. The predicted octanol–water partition coefficient (Wildman–Crippen LogP) is 2.43. The number of halogens is 2. The van der Waals surface area contributed by atoms with E-state index in [0.29, 0.717) is 6.54 Å². The minimum absolute atomic E-state index is 0.0335. The van der Waals surface area contributed by atoms with Gasteiger partial charge >= 0.3 is 0 Å². The van der Waals surface area contributed by atoms with E-state index in [4.69, 9.17) is 22.1 Å². The summed E-state index contributed by atoms with van der Waals surface area (Å²) in [6.45, 7) is 2.17. The van der Waals surface area contributed by atoms with E-state index >= 15 is 0 Å². The molecule has 2 unspecified atom stereocenters. The first-order valence-electron chi connectivity index (χ1n) is 5.60. The summed E-state index contributed by atoms with van der Waals surface area (Å²) in [5.41, 5.74) is 6.95. The molecule has 17 heavy (non-hydrogen) atoms. The van der Waals surface area contributed by atoms with Gasteiger partial charge in [-0.2, -0.15) is 0 Å². The maximum absolute atomic E-state index is 5.96. The van der Waals surface area contributed by atoms with Crippen LogP contribution >= 0.6 is 27.5 Å². The highest BCUT2D eigenvalue weighted by atomic mass is 79.9. The summed E-state index contributed by atoms with van der Waals surface area (Å²) in [6, 6.07) is 6.02. The van der Waals surface area contributed by atoms with Crippen LogP contribution in [0, 0.1) is 0 Å². The van der Waals surface area contributed by atoms with E-state index in [1.54, 1.807) is 0 Å². The SMILES string of the molecule is CN1CCOC(CN)C1c1ccc(Cl)cc1Br. The van der Waals surface area contributed by atoms with Gasteiger partial charge in [-0.1, -0.05) is 33.6 Å². The molecule has 0 bridgehead atoms. The number of likely N-dealkylation sites (N-methyl/N-ethyl adjacent to an activating group) is 1. The van der Waals surface area contributed by atoms with Gasteiger partial charge in [0.25, 0.3) is 0 Å². The van der Waals surface area contributed by atoms with Gasteiger partial charge in [0.15, 0.2) is 0 Å². The van der Waals surface area contributed by atoms with Gasteiger partial charge in [-0.15, -0.1) is 0 Å². The molecule has 0 amide bonds. The lowest BCUT2D eigenvalue weighted by atomic mass is 9.98. The number of ether oxygens (including phenoxy) is 1. The first-order chi connectivity index (χ1) is 8.13. The Labute approximate surface area is 115 Å². The van der Waals surface area contributed by atoms with Crippen molar-refractivity contribution < 1.29 is 4.74 Å². The summed E-state index contributed by atoms with van der Waals surface area (Å²) in [7, 11) is 2.09. The molecule has 1 aromatic rings. The Morgan fingerprint density at radius 1 is 1.59 bits per heavy atom. The van der Waals surface area contributed by atoms with E-state index in [1.807, 2.05) is 18.2 Å². The molecular formula is C12H16BrClN2O. The summed E-state index contributed by atoms with van der Waals surface area (Å²) in [5.74, 6) is 0. The molecule has 2 atom stereocenters. The molecule has 1 aliphatic heterocycles. The van der Waals surface area contributed by atoms with Crippen LogP contribution in [0.3, 0.4) is 0 Å². The molecule has 0 spiro atoms. The quantitative estimate of drug-likeness (QED) is 0.910. The van der Waals surface area contributed by atoms with Gasteiger partial charge in [0.05, 0.1) is 18.8 Å². The lowest BCUT2D eigenvalue weighted by Gasteiger charge is -2.39. The van der Waals surface area contributed by atoms with Crippen molar-refractivity contribution in [3.05, 3.63) is 33.3 Å². The number of nitrogens with zero attached hydrogens (tertiary/aromatic N) is 1. The Bertz CT molecular complexity index is 402. The van der Waals surface area contributed by atoms with Crippen LogP contribution in [0.4, 0.5) is 0 Å². The fourth-order valence-corrected chi connectivity index (χ4v) is 3.16. The van der Waals surface area contributed by atoms with E-state index in [-0.39, 0.29) is 12.1 Å². The largest absolute Gasteiger partial charge is 0.374 e. The van der Waals surface area contributed by atoms with E-state index in [9.17, 15) is 0 Å². The van der Waals surface area contributed by atoms with Gasteiger partial charge in [-0.3, -0.25) is 4.90 Å². The molecule has 1 aromatic carbocycles. The van der Waals surface area contributed by atoms with Crippen LogP contribution in [0.15, 0.2) is 22.7 Å². The summed E-state index contributed by atoms with van der Waals surface area (Å²) in [5, 5.41) is 0.726. The third-order valence-electron chi connectivity index (χ3n) is 3.12. The molecule has 1 heterocycles. The summed E-state index contributed by atoms with van der Waals surface area (Å²) >= 11 is 9.52. The standard InChI is InChI=1S/C12H16BrClN2O/c1-16-4-5-17-11(7-15)12(16)9-3-2-8(14)6-10(9)13/h2-3,6,11-12H,4-5,7,15H2,1H3. The number of nitrogens with two attached hydrogens (primary N) is 1. The van der Waals surface area contributed by atoms with Crippen molar-refractivity contribution in [2.24, 2.45) is 5.73 Å². The van der Waals surface area contributed by atoms with Crippen molar-refractivity contribution in [1.82, 2.24) is 4.90 Å². The monoisotopic (exact) mass is 318 g/mol. The second kappa shape index (κ2) is 5.67. The Balaban J connectivity index is 2.34. The molecule has 2 N–H and O–H groups in total. The first-order valence-corrected chi connectivity index (χ1v) is 6.77. The Morgan fingerprint density at radius 3 is 3.00 bits per heavy atom. The molecule has 1 aliphatic rings. The Hall–Kier alpha value is -0.130.